The molecule has 0 aliphatic heterocycles. The second-order valence-corrected chi connectivity index (χ2v) is 6.02. The van der Waals surface area contributed by atoms with Crippen LogP contribution in [0.25, 0.3) is 0 Å². The summed E-state index contributed by atoms with van der Waals surface area (Å²) in [6, 6.07) is 0.0521. The zero-order valence-electron chi connectivity index (χ0n) is 12.7. The molecule has 1 saturated carbocycles. The maximum Gasteiger partial charge on any atom is 0.315 e. The van der Waals surface area contributed by atoms with E-state index in [1.54, 1.807) is 0 Å². The fourth-order valence-corrected chi connectivity index (χ4v) is 2.68. The predicted molar refractivity (Wildman–Crippen MR) is 78.0 cm³/mol. The van der Waals surface area contributed by atoms with Crippen molar-refractivity contribution in [2.45, 2.75) is 71.4 Å². The van der Waals surface area contributed by atoms with Gasteiger partial charge in [0.05, 0.1) is 6.10 Å². The summed E-state index contributed by atoms with van der Waals surface area (Å²) in [6.45, 7) is 8.12. The molecule has 1 aliphatic carbocycles. The molecule has 19 heavy (non-hydrogen) atoms. The molecule has 0 aromatic carbocycles. The molecule has 4 heteroatoms. The van der Waals surface area contributed by atoms with Crippen LogP contribution >= 0.6 is 0 Å². The van der Waals surface area contributed by atoms with Crippen LogP contribution in [-0.4, -0.2) is 36.2 Å². The van der Waals surface area contributed by atoms with Gasteiger partial charge in [-0.25, -0.2) is 4.79 Å². The Kier molecular flexibility index (Phi) is 7.21. The molecule has 0 saturated heterocycles. The number of urea groups is 1. The van der Waals surface area contributed by atoms with Crippen LogP contribution in [0.2, 0.25) is 0 Å². The van der Waals surface area contributed by atoms with E-state index in [1.807, 2.05) is 4.90 Å². The first kappa shape index (κ1) is 16.3. The normalized spacial score (nSPS) is 23.6. The van der Waals surface area contributed by atoms with Gasteiger partial charge in [0.1, 0.15) is 0 Å². The van der Waals surface area contributed by atoms with Crippen LogP contribution in [-0.2, 0) is 4.74 Å². The zero-order chi connectivity index (χ0) is 14.3. The third-order valence-electron chi connectivity index (χ3n) is 3.87. The summed E-state index contributed by atoms with van der Waals surface area (Å²) in [5, 5.41) is 0. The van der Waals surface area contributed by atoms with Gasteiger partial charge < -0.3 is 15.4 Å². The number of nitrogens with two attached hydrogens (primary N) is 1. The van der Waals surface area contributed by atoms with Crippen LogP contribution in [0.4, 0.5) is 4.79 Å². The number of hydrogen-bond acceptors (Lipinski definition) is 2. The van der Waals surface area contributed by atoms with Crippen molar-refractivity contribution >= 4 is 6.03 Å². The summed E-state index contributed by atoms with van der Waals surface area (Å²) in [4.78, 5) is 13.5. The lowest BCUT2D eigenvalue weighted by molar-refractivity contribution is 0.0125. The molecule has 0 bridgehead atoms. The minimum absolute atomic E-state index is 0.265. The number of rotatable bonds is 7. The molecule has 0 aromatic heterocycles. The molecule has 1 aliphatic rings. The van der Waals surface area contributed by atoms with Gasteiger partial charge in [-0.3, -0.25) is 0 Å². The number of amides is 2. The molecule has 0 spiro atoms. The Balaban J connectivity index is 2.39. The highest BCUT2D eigenvalue weighted by molar-refractivity contribution is 5.72. The molecule has 112 valence electrons. The van der Waals surface area contributed by atoms with Gasteiger partial charge in [0.25, 0.3) is 0 Å². The Bertz CT molecular complexity index is 261. The van der Waals surface area contributed by atoms with E-state index in [4.69, 9.17) is 10.5 Å². The molecule has 0 aromatic rings. The van der Waals surface area contributed by atoms with Gasteiger partial charge in [-0.05, 0) is 44.4 Å². The molecule has 0 radical (unpaired) electrons. The summed E-state index contributed by atoms with van der Waals surface area (Å²) >= 11 is 0. The van der Waals surface area contributed by atoms with E-state index in [2.05, 4.69) is 20.8 Å². The third kappa shape index (κ3) is 5.81. The summed E-state index contributed by atoms with van der Waals surface area (Å²) in [5.41, 5.74) is 5.52. The molecule has 2 amide bonds. The lowest BCUT2D eigenvalue weighted by Gasteiger charge is -2.36. The van der Waals surface area contributed by atoms with Crippen molar-refractivity contribution in [1.29, 1.82) is 0 Å². The van der Waals surface area contributed by atoms with Crippen LogP contribution in [0.3, 0.4) is 0 Å². The van der Waals surface area contributed by atoms with Crippen LogP contribution in [0.5, 0.6) is 0 Å². The number of hydrogen-bond donors (Lipinski definition) is 1. The van der Waals surface area contributed by atoms with E-state index < -0.39 is 0 Å². The van der Waals surface area contributed by atoms with Crippen molar-refractivity contribution < 1.29 is 9.53 Å². The van der Waals surface area contributed by atoms with Crippen molar-refractivity contribution in [3.05, 3.63) is 0 Å². The number of nitrogens with zero attached hydrogens (tertiary/aromatic N) is 1. The molecule has 1 fully saturated rings. The van der Waals surface area contributed by atoms with E-state index in [0.29, 0.717) is 18.1 Å². The van der Waals surface area contributed by atoms with E-state index in [-0.39, 0.29) is 6.03 Å². The Morgan fingerprint density at radius 1 is 1.32 bits per heavy atom. The fraction of sp³-hybridized carbons (Fsp3) is 0.933. The first-order valence-electron chi connectivity index (χ1n) is 7.72. The van der Waals surface area contributed by atoms with Crippen LogP contribution in [0.15, 0.2) is 0 Å². The Hall–Kier alpha value is -0.770. The number of carbonyl (C=O) groups excluding carboxylic acids is 1. The zero-order valence-corrected chi connectivity index (χ0v) is 12.7. The highest BCUT2D eigenvalue weighted by Gasteiger charge is 2.27. The maximum absolute atomic E-state index is 11.6. The van der Waals surface area contributed by atoms with Gasteiger partial charge in [-0.2, -0.15) is 0 Å². The van der Waals surface area contributed by atoms with Crippen molar-refractivity contribution in [2.24, 2.45) is 11.7 Å². The van der Waals surface area contributed by atoms with Gasteiger partial charge in [0.2, 0.25) is 0 Å². The number of primary amides is 1. The molecule has 2 N–H and O–H groups in total. The van der Waals surface area contributed by atoms with E-state index >= 15 is 0 Å². The predicted octanol–water partition coefficient (Wildman–Crippen LogP) is 3.15. The molecule has 1 rings (SSSR count). The lowest BCUT2D eigenvalue weighted by atomic mass is 9.91. The van der Waals surface area contributed by atoms with E-state index in [0.717, 1.165) is 51.7 Å². The smallest absolute Gasteiger partial charge is 0.315 e. The summed E-state index contributed by atoms with van der Waals surface area (Å²) in [6.07, 6.45) is 6.63. The number of carbonyl (C=O) groups is 1. The monoisotopic (exact) mass is 270 g/mol. The van der Waals surface area contributed by atoms with Crippen molar-refractivity contribution in [3.8, 4) is 0 Å². The first-order chi connectivity index (χ1) is 9.04. The summed E-state index contributed by atoms with van der Waals surface area (Å²) in [7, 11) is 0. The Labute approximate surface area is 117 Å². The van der Waals surface area contributed by atoms with Crippen LogP contribution in [0.1, 0.15) is 59.3 Å². The lowest BCUT2D eigenvalue weighted by Crippen LogP contribution is -2.46. The first-order valence-corrected chi connectivity index (χ1v) is 7.72. The van der Waals surface area contributed by atoms with Crippen molar-refractivity contribution in [2.75, 3.05) is 13.2 Å². The minimum atomic E-state index is -0.265. The second-order valence-electron chi connectivity index (χ2n) is 6.02. The Morgan fingerprint density at radius 3 is 2.42 bits per heavy atom. The molecular formula is C15H30N2O2. The molecule has 4 nitrogen and oxygen atoms in total. The van der Waals surface area contributed by atoms with Crippen LogP contribution in [0, 0.1) is 5.92 Å². The summed E-state index contributed by atoms with van der Waals surface area (Å²) < 4.78 is 5.78. The minimum Gasteiger partial charge on any atom is -0.378 e. The fourth-order valence-electron chi connectivity index (χ4n) is 2.68. The standard InChI is InChI=1S/C15H30N2O2/c1-4-11-19-14-7-5-13(6-8-14)17(15(16)18)10-9-12(2)3/h12-14H,4-11H2,1-3H3,(H2,16,18)/t13-,14-. The van der Waals surface area contributed by atoms with Gasteiger partial charge in [0, 0.05) is 19.2 Å². The quantitative estimate of drug-likeness (QED) is 0.772. The molecule has 0 atom stereocenters. The average molecular weight is 270 g/mol. The second kappa shape index (κ2) is 8.41. The summed E-state index contributed by atoms with van der Waals surface area (Å²) in [5.74, 6) is 0.603. The molecule has 0 unspecified atom stereocenters. The average Bonchev–Trinajstić information content (AvgIpc) is 2.37. The van der Waals surface area contributed by atoms with Gasteiger partial charge in [0.15, 0.2) is 0 Å². The largest absolute Gasteiger partial charge is 0.378 e. The van der Waals surface area contributed by atoms with Gasteiger partial charge in [-0.1, -0.05) is 20.8 Å². The highest BCUT2D eigenvalue weighted by Crippen LogP contribution is 2.25. The topological polar surface area (TPSA) is 55.6 Å². The van der Waals surface area contributed by atoms with Gasteiger partial charge in [-0.15, -0.1) is 0 Å². The van der Waals surface area contributed by atoms with E-state index in [9.17, 15) is 4.79 Å². The SMILES string of the molecule is CCCO[C@H]1CC[C@H](N(CCC(C)C)C(N)=O)CC1. The van der Waals surface area contributed by atoms with Crippen molar-refractivity contribution in [1.82, 2.24) is 4.90 Å². The maximum atomic E-state index is 11.6. The van der Waals surface area contributed by atoms with Crippen LogP contribution < -0.4 is 5.73 Å². The third-order valence-corrected chi connectivity index (χ3v) is 3.87. The number of ether oxygens (including phenoxy) is 1. The van der Waals surface area contributed by atoms with E-state index in [1.165, 1.54) is 0 Å². The van der Waals surface area contributed by atoms with Gasteiger partial charge >= 0.3 is 6.03 Å². The van der Waals surface area contributed by atoms with Crippen molar-refractivity contribution in [3.63, 3.8) is 0 Å². The highest BCUT2D eigenvalue weighted by atomic mass is 16.5. The molecule has 0 heterocycles. The molecular weight excluding hydrogens is 240 g/mol. The Morgan fingerprint density at radius 2 is 1.95 bits per heavy atom.